The molecule has 0 amide bonds. The Morgan fingerprint density at radius 3 is 3.13 bits per heavy atom. The van der Waals surface area contributed by atoms with Crippen molar-refractivity contribution in [3.8, 4) is 17.3 Å². The number of aromatic hydroxyl groups is 1. The Morgan fingerprint density at radius 1 is 1.53 bits per heavy atom. The Labute approximate surface area is 85.5 Å². The maximum Gasteiger partial charge on any atom is 0.280 e. The number of methoxy groups -OCH3 is 1. The Morgan fingerprint density at radius 2 is 2.40 bits per heavy atom. The van der Waals surface area contributed by atoms with E-state index in [2.05, 4.69) is 15.1 Å². The smallest absolute Gasteiger partial charge is 0.280 e. The van der Waals surface area contributed by atoms with Crippen LogP contribution < -0.4 is 0 Å². The molecule has 2 aromatic heterocycles. The summed E-state index contributed by atoms with van der Waals surface area (Å²) in [7, 11) is 1.54. The molecule has 6 nitrogen and oxygen atoms in total. The van der Waals surface area contributed by atoms with E-state index in [4.69, 9.17) is 9.26 Å². The van der Waals surface area contributed by atoms with E-state index in [0.717, 1.165) is 0 Å². The van der Waals surface area contributed by atoms with E-state index in [9.17, 15) is 5.11 Å². The largest absolute Gasteiger partial charge is 0.505 e. The van der Waals surface area contributed by atoms with Crippen LogP contribution >= 0.6 is 0 Å². The Kier molecular flexibility index (Phi) is 2.59. The first-order chi connectivity index (χ1) is 7.31. The van der Waals surface area contributed by atoms with E-state index in [1.54, 1.807) is 6.07 Å². The summed E-state index contributed by atoms with van der Waals surface area (Å²) in [6, 6.07) is 3.12. The first kappa shape index (κ1) is 9.60. The zero-order valence-corrected chi connectivity index (χ0v) is 8.04. The first-order valence-electron chi connectivity index (χ1n) is 4.27. The Hall–Kier alpha value is -1.95. The summed E-state index contributed by atoms with van der Waals surface area (Å²) < 4.78 is 9.76. The highest BCUT2D eigenvalue weighted by Gasteiger charge is 2.13. The van der Waals surface area contributed by atoms with Crippen LogP contribution in [0.5, 0.6) is 5.75 Å². The van der Waals surface area contributed by atoms with Crippen molar-refractivity contribution < 1.29 is 14.4 Å². The van der Waals surface area contributed by atoms with Gasteiger partial charge in [0.25, 0.3) is 5.89 Å². The molecule has 2 rings (SSSR count). The molecule has 0 radical (unpaired) electrons. The molecule has 0 aromatic carbocycles. The van der Waals surface area contributed by atoms with Crippen LogP contribution in [0.4, 0.5) is 0 Å². The van der Waals surface area contributed by atoms with Gasteiger partial charge in [0.15, 0.2) is 11.5 Å². The van der Waals surface area contributed by atoms with Crippen molar-refractivity contribution in [3.63, 3.8) is 0 Å². The van der Waals surface area contributed by atoms with Crippen molar-refractivity contribution in [3.05, 3.63) is 24.2 Å². The third-order valence-electron chi connectivity index (χ3n) is 1.73. The van der Waals surface area contributed by atoms with E-state index in [-0.39, 0.29) is 23.9 Å². The number of rotatable bonds is 3. The van der Waals surface area contributed by atoms with Gasteiger partial charge in [0.2, 0.25) is 0 Å². The average molecular weight is 207 g/mol. The SMILES string of the molecule is COCc1noc(-c2ncccc2O)n1. The van der Waals surface area contributed by atoms with Gasteiger partial charge >= 0.3 is 0 Å². The molecule has 0 atom stereocenters. The standard InChI is InChI=1S/C9H9N3O3/c1-14-5-7-11-9(15-12-7)8-6(13)3-2-4-10-8/h2-4,13H,5H2,1H3. The van der Waals surface area contributed by atoms with Gasteiger partial charge in [-0.25, -0.2) is 4.98 Å². The molecule has 1 N–H and O–H groups in total. The highest BCUT2D eigenvalue weighted by molar-refractivity contribution is 5.55. The van der Waals surface area contributed by atoms with Crippen molar-refractivity contribution in [1.82, 2.24) is 15.1 Å². The molecule has 15 heavy (non-hydrogen) atoms. The molecule has 0 saturated carbocycles. The van der Waals surface area contributed by atoms with Crippen molar-refractivity contribution in [1.29, 1.82) is 0 Å². The van der Waals surface area contributed by atoms with Gasteiger partial charge in [-0.15, -0.1) is 0 Å². The molecular weight excluding hydrogens is 198 g/mol. The van der Waals surface area contributed by atoms with Crippen molar-refractivity contribution in [2.45, 2.75) is 6.61 Å². The average Bonchev–Trinajstić information content (AvgIpc) is 2.68. The van der Waals surface area contributed by atoms with Crippen LogP contribution in [0.2, 0.25) is 0 Å². The summed E-state index contributed by atoms with van der Waals surface area (Å²) in [5.74, 6) is 0.600. The minimum atomic E-state index is 0.00474. The number of aromatic nitrogens is 3. The first-order valence-corrected chi connectivity index (χ1v) is 4.27. The fourth-order valence-electron chi connectivity index (χ4n) is 1.10. The molecule has 0 aliphatic heterocycles. The second kappa shape index (κ2) is 4.05. The number of hydrogen-bond acceptors (Lipinski definition) is 6. The zero-order chi connectivity index (χ0) is 10.7. The van der Waals surface area contributed by atoms with Crippen LogP contribution in [0.1, 0.15) is 5.82 Å². The van der Waals surface area contributed by atoms with Gasteiger partial charge in [-0.1, -0.05) is 5.16 Å². The van der Waals surface area contributed by atoms with Gasteiger partial charge in [0.05, 0.1) is 0 Å². The molecule has 0 unspecified atom stereocenters. The van der Waals surface area contributed by atoms with E-state index in [0.29, 0.717) is 5.82 Å². The lowest BCUT2D eigenvalue weighted by atomic mass is 10.3. The second-order valence-electron chi connectivity index (χ2n) is 2.82. The lowest BCUT2D eigenvalue weighted by Gasteiger charge is -1.95. The third-order valence-corrected chi connectivity index (χ3v) is 1.73. The minimum Gasteiger partial charge on any atom is -0.505 e. The van der Waals surface area contributed by atoms with Crippen LogP contribution in [0.3, 0.4) is 0 Å². The van der Waals surface area contributed by atoms with E-state index in [1.807, 2.05) is 0 Å². The molecule has 0 spiro atoms. The van der Waals surface area contributed by atoms with Gasteiger partial charge in [0, 0.05) is 13.3 Å². The van der Waals surface area contributed by atoms with E-state index in [1.165, 1.54) is 19.4 Å². The third kappa shape index (κ3) is 1.94. The lowest BCUT2D eigenvalue weighted by molar-refractivity contribution is 0.174. The normalized spacial score (nSPS) is 10.5. The molecule has 2 heterocycles. The van der Waals surface area contributed by atoms with Crippen LogP contribution in [0.15, 0.2) is 22.9 Å². The van der Waals surface area contributed by atoms with Crippen molar-refractivity contribution in [2.24, 2.45) is 0 Å². The molecule has 0 fully saturated rings. The van der Waals surface area contributed by atoms with Gasteiger partial charge < -0.3 is 14.4 Å². The monoisotopic (exact) mass is 207 g/mol. The number of nitrogens with zero attached hydrogens (tertiary/aromatic N) is 3. The molecule has 0 saturated heterocycles. The number of pyridine rings is 1. The lowest BCUT2D eigenvalue weighted by Crippen LogP contribution is -1.90. The molecule has 0 bridgehead atoms. The molecule has 2 aromatic rings. The van der Waals surface area contributed by atoms with Crippen LogP contribution in [-0.2, 0) is 11.3 Å². The van der Waals surface area contributed by atoms with E-state index < -0.39 is 0 Å². The molecule has 0 aliphatic rings. The molecule has 6 heteroatoms. The Bertz CT molecular complexity index is 455. The zero-order valence-electron chi connectivity index (χ0n) is 8.04. The molecule has 78 valence electrons. The second-order valence-corrected chi connectivity index (χ2v) is 2.82. The molecule has 0 aliphatic carbocycles. The van der Waals surface area contributed by atoms with E-state index >= 15 is 0 Å². The van der Waals surface area contributed by atoms with Crippen molar-refractivity contribution in [2.75, 3.05) is 7.11 Å². The van der Waals surface area contributed by atoms with Gasteiger partial charge in [-0.2, -0.15) is 4.98 Å². The summed E-state index contributed by atoms with van der Waals surface area (Å²) in [6.45, 7) is 0.261. The number of hydrogen-bond donors (Lipinski definition) is 1. The maximum absolute atomic E-state index is 9.48. The Balaban J connectivity index is 2.33. The predicted molar refractivity (Wildman–Crippen MR) is 49.9 cm³/mol. The highest BCUT2D eigenvalue weighted by atomic mass is 16.5. The summed E-state index contributed by atoms with van der Waals surface area (Å²) in [5, 5.41) is 13.1. The fourth-order valence-corrected chi connectivity index (χ4v) is 1.10. The predicted octanol–water partition coefficient (Wildman–Crippen LogP) is 0.984. The summed E-state index contributed by atoms with van der Waals surface area (Å²) in [6.07, 6.45) is 1.54. The maximum atomic E-state index is 9.48. The quantitative estimate of drug-likeness (QED) is 0.808. The fraction of sp³-hybridized carbons (Fsp3) is 0.222. The summed E-state index contributed by atoms with van der Waals surface area (Å²) in [5.41, 5.74) is 0.271. The van der Waals surface area contributed by atoms with Crippen LogP contribution in [-0.4, -0.2) is 27.3 Å². The number of ether oxygens (including phenoxy) is 1. The highest BCUT2D eigenvalue weighted by Crippen LogP contribution is 2.24. The van der Waals surface area contributed by atoms with Gasteiger partial charge in [-0.3, -0.25) is 0 Å². The van der Waals surface area contributed by atoms with Crippen LogP contribution in [0.25, 0.3) is 11.6 Å². The van der Waals surface area contributed by atoms with Crippen molar-refractivity contribution >= 4 is 0 Å². The van der Waals surface area contributed by atoms with Gasteiger partial charge in [0.1, 0.15) is 12.4 Å². The summed E-state index contributed by atoms with van der Waals surface area (Å²) in [4.78, 5) is 7.94. The molecular formula is C9H9N3O3. The summed E-state index contributed by atoms with van der Waals surface area (Å²) >= 11 is 0. The topological polar surface area (TPSA) is 81.3 Å². The minimum absolute atomic E-state index is 0.00474. The van der Waals surface area contributed by atoms with Gasteiger partial charge in [-0.05, 0) is 12.1 Å². The van der Waals surface area contributed by atoms with Crippen LogP contribution in [0, 0.1) is 0 Å².